The maximum atomic E-state index is 12.9. The van der Waals surface area contributed by atoms with Crippen LogP contribution in [0.1, 0.15) is 38.5 Å². The Morgan fingerprint density at radius 3 is 2.19 bits per heavy atom. The molecule has 2 heterocycles. The summed E-state index contributed by atoms with van der Waals surface area (Å²) in [5.41, 5.74) is 0.145. The van der Waals surface area contributed by atoms with Crippen molar-refractivity contribution in [3.63, 3.8) is 0 Å². The molecule has 6 aliphatic rings. The Labute approximate surface area is 179 Å². The number of aliphatic carboxylic acids is 1. The average molecular weight is 429 g/mol. The molecule has 9 nitrogen and oxygen atoms in total. The minimum atomic E-state index is -1.15. The lowest BCUT2D eigenvalue weighted by molar-refractivity contribution is -0.142. The highest BCUT2D eigenvalue weighted by Gasteiger charge is 2.51. The average Bonchev–Trinajstić information content (AvgIpc) is 3.11. The van der Waals surface area contributed by atoms with Crippen LogP contribution in [0.3, 0.4) is 0 Å². The van der Waals surface area contributed by atoms with E-state index in [0.29, 0.717) is 17.8 Å². The molecule has 4 bridgehead atoms. The van der Waals surface area contributed by atoms with E-state index >= 15 is 0 Å². The second-order valence-electron chi connectivity index (χ2n) is 9.99. The van der Waals surface area contributed by atoms with E-state index in [-0.39, 0.29) is 48.0 Å². The van der Waals surface area contributed by atoms with Crippen LogP contribution < -0.4 is 5.32 Å². The molecule has 9 heteroatoms. The van der Waals surface area contributed by atoms with E-state index in [1.807, 2.05) is 0 Å². The predicted molar refractivity (Wildman–Crippen MR) is 108 cm³/mol. The number of hydrogen-bond acceptors (Lipinski definition) is 5. The highest BCUT2D eigenvalue weighted by Crippen LogP contribution is 2.55. The van der Waals surface area contributed by atoms with Gasteiger partial charge in [0.25, 0.3) is 5.91 Å². The Morgan fingerprint density at radius 2 is 1.61 bits per heavy atom. The fraction of sp³-hybridized carbons (Fsp3) is 0.636. The lowest BCUT2D eigenvalue weighted by Crippen LogP contribution is -2.61. The zero-order valence-corrected chi connectivity index (χ0v) is 17.3. The summed E-state index contributed by atoms with van der Waals surface area (Å²) in [6.07, 6.45) is 8.05. The van der Waals surface area contributed by atoms with Crippen molar-refractivity contribution in [1.29, 1.82) is 0 Å². The Bertz CT molecular complexity index is 900. The highest BCUT2D eigenvalue weighted by atomic mass is 16.4. The first-order valence-electron chi connectivity index (χ1n) is 11.0. The van der Waals surface area contributed by atoms with Gasteiger partial charge < -0.3 is 25.3 Å². The maximum absolute atomic E-state index is 12.9. The van der Waals surface area contributed by atoms with Gasteiger partial charge in [0.05, 0.1) is 12.1 Å². The van der Waals surface area contributed by atoms with E-state index in [1.165, 1.54) is 30.2 Å². The van der Waals surface area contributed by atoms with Gasteiger partial charge in [0.1, 0.15) is 18.8 Å². The molecule has 4 saturated carbocycles. The molecule has 3 amide bonds. The van der Waals surface area contributed by atoms with Crippen molar-refractivity contribution in [3.05, 3.63) is 23.0 Å². The summed E-state index contributed by atoms with van der Waals surface area (Å²) in [7, 11) is 0. The zero-order valence-electron chi connectivity index (χ0n) is 17.3. The van der Waals surface area contributed by atoms with Gasteiger partial charge in [-0.2, -0.15) is 0 Å². The number of amides is 3. The van der Waals surface area contributed by atoms with E-state index < -0.39 is 24.3 Å². The van der Waals surface area contributed by atoms with Crippen LogP contribution in [0.5, 0.6) is 0 Å². The number of nitrogens with one attached hydrogen (secondary N) is 1. The van der Waals surface area contributed by atoms with Crippen LogP contribution in [0.2, 0.25) is 0 Å². The van der Waals surface area contributed by atoms with Gasteiger partial charge in [0, 0.05) is 18.2 Å². The fourth-order valence-corrected chi connectivity index (χ4v) is 6.85. The summed E-state index contributed by atoms with van der Waals surface area (Å²) in [4.78, 5) is 51.0. The number of aliphatic hydroxyl groups is 1. The molecule has 0 aromatic carbocycles. The second-order valence-corrected chi connectivity index (χ2v) is 9.99. The second kappa shape index (κ2) is 7.10. The standard InChI is InChI=1S/C22H27N3O6/c26-16-9-25(21(31)20(16)15-4-18(28)24(8-15)11-19(29)30)10-17(27)23-22-5-12-1-13(6-22)3-14(2-12)7-22/h4,12-14,26H,1-3,5-11H2,(H,23,27)(H,29,30). The van der Waals surface area contributed by atoms with E-state index in [9.17, 15) is 24.3 Å². The Kier molecular flexibility index (Phi) is 4.60. The zero-order chi connectivity index (χ0) is 21.9. The minimum absolute atomic E-state index is 0.00356. The number of aliphatic hydroxyl groups excluding tert-OH is 1. The van der Waals surface area contributed by atoms with Crippen molar-refractivity contribution < 1.29 is 29.4 Å². The van der Waals surface area contributed by atoms with Gasteiger partial charge in [-0.25, -0.2) is 0 Å². The van der Waals surface area contributed by atoms with Gasteiger partial charge in [-0.3, -0.25) is 19.2 Å². The number of carboxylic acid groups (broad SMARTS) is 1. The van der Waals surface area contributed by atoms with Crippen LogP contribution in [0.25, 0.3) is 0 Å². The molecular formula is C22H27N3O6. The van der Waals surface area contributed by atoms with E-state index in [2.05, 4.69) is 5.32 Å². The predicted octanol–water partition coefficient (Wildman–Crippen LogP) is 0.579. The molecule has 2 aliphatic heterocycles. The molecule has 0 aromatic rings. The molecule has 4 aliphatic carbocycles. The van der Waals surface area contributed by atoms with Crippen molar-refractivity contribution >= 4 is 23.7 Å². The van der Waals surface area contributed by atoms with Gasteiger partial charge in [-0.15, -0.1) is 0 Å². The maximum Gasteiger partial charge on any atom is 0.323 e. The third-order valence-corrected chi connectivity index (χ3v) is 7.53. The normalized spacial score (nSPS) is 34.1. The number of hydrogen-bond donors (Lipinski definition) is 3. The summed E-state index contributed by atoms with van der Waals surface area (Å²) < 4.78 is 0. The van der Waals surface area contributed by atoms with Crippen LogP contribution in [-0.4, -0.2) is 75.4 Å². The molecule has 3 N–H and O–H groups in total. The number of carbonyl (C=O) groups is 4. The van der Waals surface area contributed by atoms with Crippen molar-refractivity contribution in [2.45, 2.75) is 44.1 Å². The molecular weight excluding hydrogens is 402 g/mol. The third-order valence-electron chi connectivity index (χ3n) is 7.53. The molecule has 0 atom stereocenters. The monoisotopic (exact) mass is 429 g/mol. The Morgan fingerprint density at radius 1 is 1.00 bits per heavy atom. The van der Waals surface area contributed by atoms with Gasteiger partial charge in [0.2, 0.25) is 11.8 Å². The van der Waals surface area contributed by atoms with E-state index in [0.717, 1.165) is 24.2 Å². The van der Waals surface area contributed by atoms with Crippen LogP contribution in [0.15, 0.2) is 23.0 Å². The van der Waals surface area contributed by atoms with Crippen molar-refractivity contribution in [2.75, 3.05) is 26.2 Å². The Hall–Kier alpha value is -2.84. The van der Waals surface area contributed by atoms with E-state index in [4.69, 9.17) is 5.11 Å². The van der Waals surface area contributed by atoms with Crippen LogP contribution >= 0.6 is 0 Å². The largest absolute Gasteiger partial charge is 0.510 e. The first-order valence-corrected chi connectivity index (χ1v) is 11.0. The number of rotatable bonds is 6. The minimum Gasteiger partial charge on any atom is -0.510 e. The number of carbonyl (C=O) groups excluding carboxylic acids is 3. The first kappa shape index (κ1) is 20.1. The quantitative estimate of drug-likeness (QED) is 0.567. The van der Waals surface area contributed by atoms with Crippen molar-refractivity contribution in [2.24, 2.45) is 17.8 Å². The lowest BCUT2D eigenvalue weighted by atomic mass is 9.53. The molecule has 4 fully saturated rings. The summed E-state index contributed by atoms with van der Waals surface area (Å²) in [6, 6.07) is 0. The van der Waals surface area contributed by atoms with Gasteiger partial charge in [-0.1, -0.05) is 0 Å². The molecule has 6 rings (SSSR count). The molecule has 0 unspecified atom stereocenters. The topological polar surface area (TPSA) is 127 Å². The SMILES string of the molecule is O=C(O)CN1CC(C2=C(O)CN(CC(=O)NC34CC5CC(CC(C5)C3)C4)C2=O)=CC1=O. The first-order chi connectivity index (χ1) is 14.7. The summed E-state index contributed by atoms with van der Waals surface area (Å²) in [5, 5.41) is 22.5. The van der Waals surface area contributed by atoms with Crippen LogP contribution in [-0.2, 0) is 19.2 Å². The molecule has 0 spiro atoms. The van der Waals surface area contributed by atoms with Gasteiger partial charge in [0.15, 0.2) is 0 Å². The van der Waals surface area contributed by atoms with Gasteiger partial charge in [-0.05, 0) is 61.9 Å². The molecule has 166 valence electrons. The smallest absolute Gasteiger partial charge is 0.323 e. The van der Waals surface area contributed by atoms with Crippen molar-refractivity contribution in [3.8, 4) is 0 Å². The number of carboxylic acids is 1. The summed E-state index contributed by atoms with van der Waals surface area (Å²) in [6.45, 7) is -0.761. The van der Waals surface area contributed by atoms with Gasteiger partial charge >= 0.3 is 5.97 Å². The van der Waals surface area contributed by atoms with Crippen LogP contribution in [0.4, 0.5) is 0 Å². The number of nitrogens with zero attached hydrogens (tertiary/aromatic N) is 2. The lowest BCUT2D eigenvalue weighted by Gasteiger charge is -2.57. The fourth-order valence-electron chi connectivity index (χ4n) is 6.85. The summed E-state index contributed by atoms with van der Waals surface area (Å²) in [5.74, 6) is -0.495. The van der Waals surface area contributed by atoms with Crippen molar-refractivity contribution in [1.82, 2.24) is 15.1 Å². The molecule has 0 radical (unpaired) electrons. The van der Waals surface area contributed by atoms with Crippen LogP contribution in [0, 0.1) is 17.8 Å². The molecule has 0 aromatic heterocycles. The third kappa shape index (κ3) is 3.59. The molecule has 31 heavy (non-hydrogen) atoms. The van der Waals surface area contributed by atoms with E-state index in [1.54, 1.807) is 0 Å². The summed E-state index contributed by atoms with van der Waals surface area (Å²) >= 11 is 0. The highest BCUT2D eigenvalue weighted by molar-refractivity contribution is 6.06. The molecule has 0 saturated heterocycles. The Balaban J connectivity index is 1.22.